The number of hydrogen-bond donors (Lipinski definition) is 2. The predicted molar refractivity (Wildman–Crippen MR) is 221 cm³/mol. The number of hydrogen-bond acceptors (Lipinski definition) is 12. The van der Waals surface area contributed by atoms with Crippen LogP contribution in [0.4, 0.5) is 5.13 Å². The number of carbonyl (C=O) groups is 3. The molecule has 0 unspecified atom stereocenters. The Morgan fingerprint density at radius 2 is 1.54 bits per heavy atom. The van der Waals surface area contributed by atoms with Crippen molar-refractivity contribution in [3.05, 3.63) is 167 Å². The van der Waals surface area contributed by atoms with E-state index in [2.05, 4.69) is 20.2 Å². The molecular formula is C42H37ClN6O6S2. The zero-order chi connectivity index (χ0) is 39.8. The van der Waals surface area contributed by atoms with Gasteiger partial charge in [-0.05, 0) is 40.0 Å². The molecule has 2 aliphatic heterocycles. The standard InChI is InChI=1S/C42H37ClN6O6S2/c1-53-32-22-20-27(21-23-32)25-55-40(52)35-28(13-12-24-43)26-56-39-34(38(51)49(35)39)44-37(50)33(47-54-2)36-45-41(57-48-36)46-42(29-14-6-3-7-15-29,30-16-8-4-9-17-30)31-18-10-5-11-19-31/h3-23,34,39H,24-26H2,1-2H3,(H,44,50)(H,45,46,48)/b13-12-,47-33-/t34-,39-/m1/s1. The van der Waals surface area contributed by atoms with Gasteiger partial charge in [0.05, 0.1) is 7.11 Å². The number of aromatic nitrogens is 2. The molecule has 12 nitrogen and oxygen atoms in total. The minimum atomic E-state index is -0.981. The number of ether oxygens (including phenoxy) is 2. The number of β-lactam (4-membered cyclic amide) rings is 1. The molecule has 2 aliphatic rings. The highest BCUT2D eigenvalue weighted by molar-refractivity contribution is 8.00. The zero-order valence-electron chi connectivity index (χ0n) is 30.8. The lowest BCUT2D eigenvalue weighted by atomic mass is 9.77. The van der Waals surface area contributed by atoms with Gasteiger partial charge < -0.3 is 24.9 Å². The van der Waals surface area contributed by atoms with Crippen LogP contribution in [0.5, 0.6) is 5.75 Å². The minimum Gasteiger partial charge on any atom is -0.497 e. The van der Waals surface area contributed by atoms with Gasteiger partial charge in [0.1, 0.15) is 42.1 Å². The van der Waals surface area contributed by atoms with Gasteiger partial charge in [0.15, 0.2) is 0 Å². The topological polar surface area (TPSA) is 144 Å². The van der Waals surface area contributed by atoms with Crippen LogP contribution in [0, 0.1) is 0 Å². The first-order chi connectivity index (χ1) is 27.9. The molecule has 290 valence electrons. The third-order valence-electron chi connectivity index (χ3n) is 9.37. The molecule has 0 bridgehead atoms. The number of carbonyl (C=O) groups excluding carboxylic acids is 3. The second-order valence-corrected chi connectivity index (χ2v) is 14.9. The van der Waals surface area contributed by atoms with E-state index in [1.807, 2.05) is 91.0 Å². The Morgan fingerprint density at radius 1 is 0.930 bits per heavy atom. The first-order valence-electron chi connectivity index (χ1n) is 17.8. The average Bonchev–Trinajstić information content (AvgIpc) is 3.73. The number of anilines is 1. The van der Waals surface area contributed by atoms with Gasteiger partial charge in [-0.2, -0.15) is 9.36 Å². The summed E-state index contributed by atoms with van der Waals surface area (Å²) < 4.78 is 15.4. The molecule has 1 fully saturated rings. The van der Waals surface area contributed by atoms with Gasteiger partial charge in [0.25, 0.3) is 11.8 Å². The average molecular weight is 821 g/mol. The number of rotatable bonds is 15. The number of nitrogens with zero attached hydrogens (tertiary/aromatic N) is 4. The number of esters is 1. The van der Waals surface area contributed by atoms with Crippen molar-refractivity contribution in [3.8, 4) is 5.75 Å². The lowest BCUT2D eigenvalue weighted by Gasteiger charge is -2.49. The van der Waals surface area contributed by atoms with Crippen molar-refractivity contribution in [2.75, 3.05) is 31.2 Å². The van der Waals surface area contributed by atoms with Crippen LogP contribution in [0.25, 0.3) is 0 Å². The fourth-order valence-corrected chi connectivity index (χ4v) is 8.72. The maximum Gasteiger partial charge on any atom is 0.355 e. The van der Waals surface area contributed by atoms with Crippen LogP contribution in [0.2, 0.25) is 0 Å². The number of halogens is 1. The quantitative estimate of drug-likeness (QED) is 0.0300. The molecule has 15 heteroatoms. The van der Waals surface area contributed by atoms with Crippen molar-refractivity contribution in [1.82, 2.24) is 19.6 Å². The van der Waals surface area contributed by atoms with E-state index in [9.17, 15) is 14.4 Å². The Kier molecular flexibility index (Phi) is 12.3. The van der Waals surface area contributed by atoms with Gasteiger partial charge in [0, 0.05) is 23.2 Å². The Balaban J connectivity index is 1.12. The Hall–Kier alpha value is -5.96. The van der Waals surface area contributed by atoms with Crippen molar-refractivity contribution in [3.63, 3.8) is 0 Å². The molecule has 0 spiro atoms. The number of allylic oxidation sites excluding steroid dienone is 2. The number of alkyl halides is 1. The molecule has 2 amide bonds. The molecule has 0 aliphatic carbocycles. The Labute approximate surface area is 342 Å². The summed E-state index contributed by atoms with van der Waals surface area (Å²) in [4.78, 5) is 52.4. The molecule has 2 N–H and O–H groups in total. The summed E-state index contributed by atoms with van der Waals surface area (Å²) in [5.41, 5.74) is 3.19. The second-order valence-electron chi connectivity index (χ2n) is 12.7. The molecule has 1 saturated heterocycles. The molecule has 0 radical (unpaired) electrons. The molecular weight excluding hydrogens is 784 g/mol. The van der Waals surface area contributed by atoms with Crippen molar-refractivity contribution in [1.29, 1.82) is 0 Å². The summed E-state index contributed by atoms with van der Waals surface area (Å²) >= 11 is 8.37. The monoisotopic (exact) mass is 820 g/mol. The maximum atomic E-state index is 13.9. The minimum absolute atomic E-state index is 0.000975. The highest BCUT2D eigenvalue weighted by atomic mass is 35.5. The van der Waals surface area contributed by atoms with Crippen molar-refractivity contribution < 1.29 is 28.7 Å². The summed E-state index contributed by atoms with van der Waals surface area (Å²) in [5, 5.41) is 10.2. The van der Waals surface area contributed by atoms with Crippen molar-refractivity contribution in [2.24, 2.45) is 5.16 Å². The molecule has 1 aromatic heterocycles. The van der Waals surface area contributed by atoms with Crippen molar-refractivity contribution >= 4 is 63.5 Å². The first-order valence-corrected chi connectivity index (χ1v) is 20.1. The highest BCUT2D eigenvalue weighted by Gasteiger charge is 2.54. The smallest absolute Gasteiger partial charge is 0.355 e. The molecule has 57 heavy (non-hydrogen) atoms. The van der Waals surface area contributed by atoms with Crippen LogP contribution in [0.15, 0.2) is 144 Å². The molecule has 4 aromatic carbocycles. The van der Waals surface area contributed by atoms with E-state index in [1.54, 1.807) is 43.5 Å². The zero-order valence-corrected chi connectivity index (χ0v) is 33.2. The third kappa shape index (κ3) is 8.15. The fraction of sp³-hybridized carbons (Fsp3) is 0.190. The van der Waals surface area contributed by atoms with Crippen LogP contribution in [0.1, 0.15) is 28.1 Å². The van der Waals surface area contributed by atoms with E-state index in [1.165, 1.54) is 23.8 Å². The molecule has 3 heterocycles. The largest absolute Gasteiger partial charge is 0.497 e. The normalized spacial score (nSPS) is 16.8. The summed E-state index contributed by atoms with van der Waals surface area (Å²) in [6.07, 6.45) is 3.41. The lowest BCUT2D eigenvalue weighted by Crippen LogP contribution is -2.71. The molecule has 5 aromatic rings. The van der Waals surface area contributed by atoms with E-state index in [0.29, 0.717) is 22.2 Å². The van der Waals surface area contributed by atoms with Crippen LogP contribution >= 0.6 is 34.9 Å². The Morgan fingerprint density at radius 3 is 2.11 bits per heavy atom. The van der Waals surface area contributed by atoms with Crippen LogP contribution in [0.3, 0.4) is 0 Å². The maximum absolute atomic E-state index is 13.9. The van der Waals surface area contributed by atoms with E-state index >= 15 is 0 Å². The number of nitrogens with one attached hydrogen (secondary N) is 2. The number of thioether (sulfide) groups is 1. The summed E-state index contributed by atoms with van der Waals surface area (Å²) in [7, 11) is 2.88. The summed E-state index contributed by atoms with van der Waals surface area (Å²) in [6.45, 7) is -0.0175. The number of methoxy groups -OCH3 is 1. The van der Waals surface area contributed by atoms with Gasteiger partial charge in [0.2, 0.25) is 16.7 Å². The molecule has 0 saturated carbocycles. The number of benzene rings is 4. The van der Waals surface area contributed by atoms with E-state index < -0.39 is 34.7 Å². The van der Waals surface area contributed by atoms with Crippen molar-refractivity contribution in [2.45, 2.75) is 23.6 Å². The van der Waals surface area contributed by atoms with Gasteiger partial charge in [-0.15, -0.1) is 23.4 Å². The number of amides is 2. The van der Waals surface area contributed by atoms with Gasteiger partial charge >= 0.3 is 5.97 Å². The predicted octanol–water partition coefficient (Wildman–Crippen LogP) is 6.49. The number of fused-ring (bicyclic) bond motifs is 1. The van der Waals surface area contributed by atoms with Crippen LogP contribution < -0.4 is 15.4 Å². The van der Waals surface area contributed by atoms with Crippen LogP contribution in [-0.4, -0.2) is 75.0 Å². The van der Waals surface area contributed by atoms with E-state index in [0.717, 1.165) is 33.8 Å². The van der Waals surface area contributed by atoms with Gasteiger partial charge in [-0.3, -0.25) is 14.5 Å². The molecule has 7 rings (SSSR count). The number of oxime groups is 1. The SMILES string of the molecule is CO/N=C(\C(=O)N[C@@H]1C(=O)N2C(C(=O)OCc3ccc(OC)cc3)=C(/C=C\CCl)CS[C@H]12)c1nsc(NC(c2ccccc2)(c2ccccc2)c2ccccc2)n1. The van der Waals surface area contributed by atoms with Crippen LogP contribution in [-0.2, 0) is 36.1 Å². The highest BCUT2D eigenvalue weighted by Crippen LogP contribution is 2.42. The fourth-order valence-electron chi connectivity index (χ4n) is 6.68. The third-order valence-corrected chi connectivity index (χ3v) is 11.5. The summed E-state index contributed by atoms with van der Waals surface area (Å²) in [6, 6.07) is 36.1. The van der Waals surface area contributed by atoms with E-state index in [4.69, 9.17) is 30.9 Å². The second kappa shape index (κ2) is 17.9. The summed E-state index contributed by atoms with van der Waals surface area (Å²) in [5.74, 6) is -0.624. The van der Waals surface area contributed by atoms with E-state index in [-0.39, 0.29) is 29.7 Å². The first kappa shape index (κ1) is 39.3. The van der Waals surface area contributed by atoms with Gasteiger partial charge in [-0.1, -0.05) is 120 Å². The Bertz CT molecular complexity index is 2210. The molecule has 2 atom stereocenters. The lowest BCUT2D eigenvalue weighted by molar-refractivity contribution is -0.153. The van der Waals surface area contributed by atoms with Gasteiger partial charge in [-0.25, -0.2) is 4.79 Å².